The highest BCUT2D eigenvalue weighted by Crippen LogP contribution is 2.01. The molecule has 0 aromatic carbocycles. The molecule has 0 spiro atoms. The number of hydrogen-bond acceptors (Lipinski definition) is 3. The zero-order chi connectivity index (χ0) is 10.6. The average Bonchev–Trinajstić information content (AvgIpc) is 2.17. The molecule has 1 rings (SSSR count). The second-order valence-corrected chi connectivity index (χ2v) is 3.21. The van der Waals surface area contributed by atoms with E-state index >= 15 is 0 Å². The van der Waals surface area contributed by atoms with E-state index in [1.54, 1.807) is 6.92 Å². The fourth-order valence-corrected chi connectivity index (χ4v) is 1.41. The molecule has 0 saturated carbocycles. The molecule has 0 bridgehead atoms. The van der Waals surface area contributed by atoms with E-state index in [9.17, 15) is 9.59 Å². The minimum absolute atomic E-state index is 0.103. The van der Waals surface area contributed by atoms with Crippen LogP contribution >= 0.6 is 0 Å². The number of carbonyl (C=O) groups is 2. The first-order valence-corrected chi connectivity index (χ1v) is 4.82. The van der Waals surface area contributed by atoms with E-state index in [0.717, 1.165) is 0 Å². The van der Waals surface area contributed by atoms with Crippen LogP contribution < -0.4 is 5.32 Å². The van der Waals surface area contributed by atoms with Crippen molar-refractivity contribution < 1.29 is 14.3 Å². The Kier molecular flexibility index (Phi) is 3.88. The molecule has 0 radical (unpaired) electrons. The van der Waals surface area contributed by atoms with Crippen molar-refractivity contribution in [1.82, 2.24) is 10.2 Å². The first-order chi connectivity index (χ1) is 6.65. The lowest BCUT2D eigenvalue weighted by Gasteiger charge is -2.28. The molecule has 1 saturated heterocycles. The van der Waals surface area contributed by atoms with E-state index in [1.165, 1.54) is 4.90 Å². The van der Waals surface area contributed by atoms with Crippen molar-refractivity contribution in [2.45, 2.75) is 20.0 Å². The fourth-order valence-electron chi connectivity index (χ4n) is 1.41. The Hall–Kier alpha value is -1.10. The van der Waals surface area contributed by atoms with Crippen LogP contribution in [-0.4, -0.2) is 49.1 Å². The molecule has 0 aliphatic carbocycles. The summed E-state index contributed by atoms with van der Waals surface area (Å²) in [4.78, 5) is 24.2. The molecule has 80 valence electrons. The average molecular weight is 200 g/mol. The first-order valence-electron chi connectivity index (χ1n) is 4.82. The number of ether oxygens (including phenoxy) is 1. The highest BCUT2D eigenvalue weighted by atomic mass is 16.5. The van der Waals surface area contributed by atoms with Gasteiger partial charge in [0.2, 0.25) is 5.91 Å². The van der Waals surface area contributed by atoms with Crippen molar-refractivity contribution in [3.8, 4) is 0 Å². The van der Waals surface area contributed by atoms with Gasteiger partial charge in [0, 0.05) is 19.7 Å². The molecule has 0 aromatic heterocycles. The van der Waals surface area contributed by atoms with Crippen LogP contribution in [0.25, 0.3) is 0 Å². The van der Waals surface area contributed by atoms with Crippen LogP contribution in [0.2, 0.25) is 0 Å². The van der Waals surface area contributed by atoms with Crippen molar-refractivity contribution in [3.63, 3.8) is 0 Å². The Labute approximate surface area is 83.4 Å². The molecule has 1 heterocycles. The summed E-state index contributed by atoms with van der Waals surface area (Å²) in [7, 11) is 0. The second kappa shape index (κ2) is 4.95. The van der Waals surface area contributed by atoms with Crippen LogP contribution in [0.5, 0.6) is 0 Å². The van der Waals surface area contributed by atoms with Gasteiger partial charge in [0.05, 0.1) is 6.54 Å². The van der Waals surface area contributed by atoms with Gasteiger partial charge in [0.1, 0.15) is 6.10 Å². The number of piperazine rings is 1. The highest BCUT2D eigenvalue weighted by Gasteiger charge is 2.25. The minimum atomic E-state index is -0.453. The largest absolute Gasteiger partial charge is 0.369 e. The van der Waals surface area contributed by atoms with E-state index in [2.05, 4.69) is 5.32 Å². The van der Waals surface area contributed by atoms with Crippen LogP contribution in [0.1, 0.15) is 13.8 Å². The Balaban J connectivity index is 2.46. The number of rotatable bonds is 3. The predicted octanol–water partition coefficient (Wildman–Crippen LogP) is -0.630. The molecular weight excluding hydrogens is 184 g/mol. The Morgan fingerprint density at radius 1 is 1.71 bits per heavy atom. The van der Waals surface area contributed by atoms with Gasteiger partial charge >= 0.3 is 0 Å². The Morgan fingerprint density at radius 2 is 2.43 bits per heavy atom. The summed E-state index contributed by atoms with van der Waals surface area (Å²) in [5, 5.41) is 2.66. The van der Waals surface area contributed by atoms with E-state index in [-0.39, 0.29) is 18.4 Å². The summed E-state index contributed by atoms with van der Waals surface area (Å²) in [5.41, 5.74) is 0. The molecule has 1 atom stereocenters. The third kappa shape index (κ3) is 2.70. The standard InChI is InChI=1S/C9H16N2O3/c1-3-14-7(2)9(13)11-5-4-10-8(12)6-11/h7H,3-6H2,1-2H3,(H,10,12). The molecule has 5 heteroatoms. The number of amides is 2. The first kappa shape index (κ1) is 11.0. The zero-order valence-electron chi connectivity index (χ0n) is 8.58. The summed E-state index contributed by atoms with van der Waals surface area (Å²) in [5.74, 6) is -0.213. The van der Waals surface area contributed by atoms with Crippen molar-refractivity contribution >= 4 is 11.8 Å². The zero-order valence-corrected chi connectivity index (χ0v) is 8.58. The van der Waals surface area contributed by atoms with Gasteiger partial charge in [-0.1, -0.05) is 0 Å². The highest BCUT2D eigenvalue weighted by molar-refractivity contribution is 5.87. The third-order valence-electron chi connectivity index (χ3n) is 2.11. The molecule has 5 nitrogen and oxygen atoms in total. The summed E-state index contributed by atoms with van der Waals surface area (Å²) in [6.07, 6.45) is -0.453. The van der Waals surface area contributed by atoms with Crippen LogP contribution in [0.15, 0.2) is 0 Å². The smallest absolute Gasteiger partial charge is 0.251 e. The maximum Gasteiger partial charge on any atom is 0.251 e. The number of carbonyl (C=O) groups excluding carboxylic acids is 2. The van der Waals surface area contributed by atoms with E-state index in [0.29, 0.717) is 19.7 Å². The molecule has 1 fully saturated rings. The normalized spacial score (nSPS) is 19.0. The van der Waals surface area contributed by atoms with Crippen LogP contribution in [0.4, 0.5) is 0 Å². The van der Waals surface area contributed by atoms with Crippen molar-refractivity contribution in [2.24, 2.45) is 0 Å². The molecule has 2 amide bonds. The van der Waals surface area contributed by atoms with Gasteiger partial charge in [0.25, 0.3) is 5.91 Å². The predicted molar refractivity (Wildman–Crippen MR) is 50.7 cm³/mol. The Bertz CT molecular complexity index is 230. The Morgan fingerprint density at radius 3 is 3.00 bits per heavy atom. The summed E-state index contributed by atoms with van der Waals surface area (Å²) in [6.45, 7) is 5.31. The lowest BCUT2D eigenvalue weighted by atomic mass is 10.3. The molecule has 1 unspecified atom stereocenters. The fraction of sp³-hybridized carbons (Fsp3) is 0.778. The maximum absolute atomic E-state index is 11.7. The lowest BCUT2D eigenvalue weighted by molar-refractivity contribution is -0.146. The summed E-state index contributed by atoms with van der Waals surface area (Å²) in [6, 6.07) is 0. The SMILES string of the molecule is CCOC(C)C(=O)N1CCNC(=O)C1. The van der Waals surface area contributed by atoms with Crippen LogP contribution in [0.3, 0.4) is 0 Å². The van der Waals surface area contributed by atoms with Gasteiger partial charge in [-0.15, -0.1) is 0 Å². The second-order valence-electron chi connectivity index (χ2n) is 3.21. The quantitative estimate of drug-likeness (QED) is 0.660. The van der Waals surface area contributed by atoms with E-state index < -0.39 is 6.10 Å². The molecule has 14 heavy (non-hydrogen) atoms. The van der Waals surface area contributed by atoms with Crippen molar-refractivity contribution in [2.75, 3.05) is 26.2 Å². The molecule has 1 aliphatic rings. The topological polar surface area (TPSA) is 58.6 Å². The lowest BCUT2D eigenvalue weighted by Crippen LogP contribution is -2.52. The van der Waals surface area contributed by atoms with Gasteiger partial charge in [-0.25, -0.2) is 0 Å². The monoisotopic (exact) mass is 200 g/mol. The number of hydrogen-bond donors (Lipinski definition) is 1. The van der Waals surface area contributed by atoms with Crippen molar-refractivity contribution in [3.05, 3.63) is 0 Å². The minimum Gasteiger partial charge on any atom is -0.369 e. The van der Waals surface area contributed by atoms with Gasteiger partial charge in [-0.2, -0.15) is 0 Å². The maximum atomic E-state index is 11.7. The van der Waals surface area contributed by atoms with E-state index in [4.69, 9.17) is 4.74 Å². The summed E-state index contributed by atoms with van der Waals surface area (Å²) >= 11 is 0. The van der Waals surface area contributed by atoms with E-state index in [1.807, 2.05) is 6.92 Å². The molecular formula is C9H16N2O3. The summed E-state index contributed by atoms with van der Waals surface area (Å²) < 4.78 is 5.17. The van der Waals surface area contributed by atoms with Crippen LogP contribution in [-0.2, 0) is 14.3 Å². The molecule has 1 N–H and O–H groups in total. The number of nitrogens with one attached hydrogen (secondary N) is 1. The van der Waals surface area contributed by atoms with Gasteiger partial charge < -0.3 is 15.0 Å². The number of nitrogens with zero attached hydrogens (tertiary/aromatic N) is 1. The molecule has 0 aromatic rings. The van der Waals surface area contributed by atoms with Gasteiger partial charge in [-0.3, -0.25) is 9.59 Å². The molecule has 1 aliphatic heterocycles. The van der Waals surface area contributed by atoms with Gasteiger partial charge in [-0.05, 0) is 13.8 Å². The van der Waals surface area contributed by atoms with Gasteiger partial charge in [0.15, 0.2) is 0 Å². The van der Waals surface area contributed by atoms with Crippen molar-refractivity contribution in [1.29, 1.82) is 0 Å². The third-order valence-corrected chi connectivity index (χ3v) is 2.11. The van der Waals surface area contributed by atoms with Crippen LogP contribution in [0, 0.1) is 0 Å².